The van der Waals surface area contributed by atoms with E-state index in [1.165, 1.54) is 7.11 Å². The summed E-state index contributed by atoms with van der Waals surface area (Å²) in [6, 6.07) is 24.6. The van der Waals surface area contributed by atoms with Crippen molar-refractivity contribution in [1.29, 1.82) is 0 Å². The molecule has 0 unspecified atom stereocenters. The fourth-order valence-electron chi connectivity index (χ4n) is 3.21. The largest absolute Gasteiger partial charge is 0.505 e. The van der Waals surface area contributed by atoms with E-state index in [-0.39, 0.29) is 11.4 Å². The third kappa shape index (κ3) is 3.18. The molecule has 0 radical (unpaired) electrons. The number of benzene rings is 3. The topological polar surface area (TPSA) is 60.7 Å². The van der Waals surface area contributed by atoms with Crippen molar-refractivity contribution in [3.05, 3.63) is 90.1 Å². The maximum Gasteiger partial charge on any atom is 0.358 e. The second kappa shape index (κ2) is 7.48. The molecule has 5 heteroatoms. The first kappa shape index (κ1) is 17.7. The molecular weight excluding hydrogens is 354 g/mol. The third-order valence-electron chi connectivity index (χ3n) is 4.55. The Bertz CT molecular complexity index is 1120. The summed E-state index contributed by atoms with van der Waals surface area (Å²) in [5.41, 5.74) is 2.58. The van der Waals surface area contributed by atoms with Gasteiger partial charge < -0.3 is 19.1 Å². The van der Waals surface area contributed by atoms with Gasteiger partial charge in [-0.05, 0) is 35.9 Å². The quantitative estimate of drug-likeness (QED) is 0.515. The highest BCUT2D eigenvalue weighted by Gasteiger charge is 2.24. The number of hydrogen-bond acceptors (Lipinski definition) is 4. The summed E-state index contributed by atoms with van der Waals surface area (Å²) in [5, 5.41) is 11.3. The van der Waals surface area contributed by atoms with Crippen LogP contribution >= 0.6 is 0 Å². The van der Waals surface area contributed by atoms with Gasteiger partial charge in [0.25, 0.3) is 0 Å². The first-order valence-corrected chi connectivity index (χ1v) is 8.87. The number of rotatable bonds is 5. The van der Waals surface area contributed by atoms with E-state index in [1.807, 2.05) is 72.8 Å². The monoisotopic (exact) mass is 373 g/mol. The van der Waals surface area contributed by atoms with Crippen LogP contribution in [0.3, 0.4) is 0 Å². The first-order valence-electron chi connectivity index (χ1n) is 8.87. The lowest BCUT2D eigenvalue weighted by Gasteiger charge is -2.10. The molecule has 0 atom stereocenters. The molecule has 140 valence electrons. The normalized spacial score (nSPS) is 10.8. The van der Waals surface area contributed by atoms with E-state index in [1.54, 1.807) is 10.6 Å². The number of fused-ring (bicyclic) bond motifs is 1. The van der Waals surface area contributed by atoms with Crippen LogP contribution in [0.2, 0.25) is 0 Å². The lowest BCUT2D eigenvalue weighted by Crippen LogP contribution is -2.09. The molecule has 1 heterocycles. The van der Waals surface area contributed by atoms with E-state index in [2.05, 4.69) is 0 Å². The molecule has 0 fully saturated rings. The summed E-state index contributed by atoms with van der Waals surface area (Å²) in [5.74, 6) is -0.131. The molecule has 0 saturated carbocycles. The minimum Gasteiger partial charge on any atom is -0.505 e. The Hall–Kier alpha value is -3.73. The zero-order chi connectivity index (χ0) is 19.5. The van der Waals surface area contributed by atoms with Gasteiger partial charge in [-0.25, -0.2) is 4.79 Å². The van der Waals surface area contributed by atoms with Crippen molar-refractivity contribution in [2.24, 2.45) is 0 Å². The van der Waals surface area contributed by atoms with E-state index in [0.717, 1.165) is 11.3 Å². The van der Waals surface area contributed by atoms with Crippen molar-refractivity contribution in [3.8, 4) is 17.2 Å². The number of carbonyl (C=O) groups is 1. The number of esters is 1. The summed E-state index contributed by atoms with van der Waals surface area (Å²) in [4.78, 5) is 12.4. The minimum absolute atomic E-state index is 0.0870. The first-order chi connectivity index (χ1) is 13.7. The van der Waals surface area contributed by atoms with Crippen LogP contribution in [0.4, 0.5) is 0 Å². The fourth-order valence-corrected chi connectivity index (χ4v) is 3.21. The number of carbonyl (C=O) groups excluding carboxylic acids is 1. The van der Waals surface area contributed by atoms with Gasteiger partial charge in [0, 0.05) is 11.1 Å². The van der Waals surface area contributed by atoms with Gasteiger partial charge in [0.2, 0.25) is 0 Å². The summed E-state index contributed by atoms with van der Waals surface area (Å²) in [6.07, 6.45) is 0. The average Bonchev–Trinajstić information content (AvgIpc) is 3.05. The summed E-state index contributed by atoms with van der Waals surface area (Å²) in [6.45, 7) is 0.413. The SMILES string of the molecule is COC(=O)c1c(O)c2cc(OCc3ccccc3)ccc2n1-c1ccccc1. The van der Waals surface area contributed by atoms with Crippen LogP contribution in [0.5, 0.6) is 11.5 Å². The van der Waals surface area contributed by atoms with Gasteiger partial charge in [0.1, 0.15) is 12.4 Å². The van der Waals surface area contributed by atoms with E-state index < -0.39 is 5.97 Å². The van der Waals surface area contributed by atoms with Crippen LogP contribution in [0.25, 0.3) is 16.6 Å². The molecule has 1 aromatic heterocycles. The van der Waals surface area contributed by atoms with Crippen LogP contribution in [0.1, 0.15) is 16.1 Å². The number of nitrogens with zero attached hydrogens (tertiary/aromatic N) is 1. The van der Waals surface area contributed by atoms with Crippen LogP contribution in [0, 0.1) is 0 Å². The second-order valence-electron chi connectivity index (χ2n) is 6.31. The molecule has 0 saturated heterocycles. The van der Waals surface area contributed by atoms with Crippen LogP contribution < -0.4 is 4.74 Å². The molecule has 4 rings (SSSR count). The van der Waals surface area contributed by atoms with Gasteiger partial charge in [-0.3, -0.25) is 0 Å². The molecule has 0 bridgehead atoms. The van der Waals surface area contributed by atoms with Crippen molar-refractivity contribution in [1.82, 2.24) is 4.57 Å². The number of aromatic nitrogens is 1. The number of hydrogen-bond donors (Lipinski definition) is 1. The molecule has 5 nitrogen and oxygen atoms in total. The second-order valence-corrected chi connectivity index (χ2v) is 6.31. The van der Waals surface area contributed by atoms with Gasteiger partial charge in [0.05, 0.1) is 12.6 Å². The van der Waals surface area contributed by atoms with Gasteiger partial charge in [0.15, 0.2) is 11.4 Å². The summed E-state index contributed by atoms with van der Waals surface area (Å²) in [7, 11) is 1.29. The Labute approximate surface area is 162 Å². The maximum atomic E-state index is 12.4. The summed E-state index contributed by atoms with van der Waals surface area (Å²) < 4.78 is 12.4. The number of para-hydroxylation sites is 1. The molecule has 0 aliphatic rings. The predicted octanol–water partition coefficient (Wildman–Crippen LogP) is 4.70. The van der Waals surface area contributed by atoms with E-state index in [0.29, 0.717) is 23.3 Å². The molecular formula is C23H19NO4. The van der Waals surface area contributed by atoms with E-state index in [4.69, 9.17) is 9.47 Å². The summed E-state index contributed by atoms with van der Waals surface area (Å²) >= 11 is 0. The highest BCUT2D eigenvalue weighted by molar-refractivity contribution is 6.03. The lowest BCUT2D eigenvalue weighted by molar-refractivity contribution is 0.0588. The zero-order valence-corrected chi connectivity index (χ0v) is 15.3. The van der Waals surface area contributed by atoms with E-state index in [9.17, 15) is 9.90 Å². The van der Waals surface area contributed by atoms with Crippen LogP contribution in [0.15, 0.2) is 78.9 Å². The third-order valence-corrected chi connectivity index (χ3v) is 4.55. The van der Waals surface area contributed by atoms with Gasteiger partial charge in [-0.1, -0.05) is 48.5 Å². The molecule has 28 heavy (non-hydrogen) atoms. The standard InChI is InChI=1S/C23H19NO4/c1-27-23(26)21-22(25)19-14-18(28-15-16-8-4-2-5-9-16)12-13-20(19)24(21)17-10-6-3-7-11-17/h2-14,25H,15H2,1H3. The average molecular weight is 373 g/mol. The predicted molar refractivity (Wildman–Crippen MR) is 107 cm³/mol. The zero-order valence-electron chi connectivity index (χ0n) is 15.3. The highest BCUT2D eigenvalue weighted by atomic mass is 16.5. The Morgan fingerprint density at radius 1 is 0.964 bits per heavy atom. The van der Waals surface area contributed by atoms with Crippen LogP contribution in [-0.4, -0.2) is 22.8 Å². The minimum atomic E-state index is -0.607. The van der Waals surface area contributed by atoms with Gasteiger partial charge >= 0.3 is 5.97 Å². The van der Waals surface area contributed by atoms with Gasteiger partial charge in [-0.15, -0.1) is 0 Å². The van der Waals surface area contributed by atoms with Gasteiger partial charge in [-0.2, -0.15) is 0 Å². The Balaban J connectivity index is 1.79. The Morgan fingerprint density at radius 2 is 1.64 bits per heavy atom. The van der Waals surface area contributed by atoms with E-state index >= 15 is 0 Å². The number of ether oxygens (including phenoxy) is 2. The molecule has 0 aliphatic carbocycles. The molecule has 3 aromatic carbocycles. The number of methoxy groups -OCH3 is 1. The molecule has 0 amide bonds. The lowest BCUT2D eigenvalue weighted by atomic mass is 10.2. The molecule has 0 aliphatic heterocycles. The maximum absolute atomic E-state index is 12.4. The van der Waals surface area contributed by atoms with Crippen molar-refractivity contribution in [2.45, 2.75) is 6.61 Å². The number of aromatic hydroxyl groups is 1. The molecule has 0 spiro atoms. The van der Waals surface area contributed by atoms with Crippen molar-refractivity contribution < 1.29 is 19.4 Å². The Morgan fingerprint density at radius 3 is 2.32 bits per heavy atom. The van der Waals surface area contributed by atoms with Crippen molar-refractivity contribution in [2.75, 3.05) is 7.11 Å². The Kier molecular flexibility index (Phi) is 4.72. The van der Waals surface area contributed by atoms with Crippen LogP contribution in [-0.2, 0) is 11.3 Å². The van der Waals surface area contributed by atoms with Crippen molar-refractivity contribution >= 4 is 16.9 Å². The molecule has 4 aromatic rings. The smallest absolute Gasteiger partial charge is 0.358 e. The highest BCUT2D eigenvalue weighted by Crippen LogP contribution is 2.37. The fraction of sp³-hybridized carbons (Fsp3) is 0.0870. The van der Waals surface area contributed by atoms with Crippen molar-refractivity contribution in [3.63, 3.8) is 0 Å². The molecule has 1 N–H and O–H groups in total.